The zero-order chi connectivity index (χ0) is 81.6. The minimum Gasteiger partial charge on any atom is -0.311 e. The third-order valence-corrected chi connectivity index (χ3v) is 26.6. The minimum absolute atomic E-state index is 0.292. The molecule has 21 rings (SSSR count). The van der Waals surface area contributed by atoms with Gasteiger partial charge in [0.25, 0.3) is 13.4 Å². The molecule has 0 unspecified atom stereocenters. The van der Waals surface area contributed by atoms with E-state index in [0.717, 1.165) is 96.1 Å². The Balaban J connectivity index is 0.937. The van der Waals surface area contributed by atoms with Gasteiger partial charge in [0.1, 0.15) is 0 Å². The SMILES string of the molecule is Cc1cccc(C)c1-c1ccc(N2c3ccc(-c4c(C)cccc4C)cc3B3c4cc5c(cc4N(c4ccccc4)c4cc(-c6c(C)cccc6C)cc2c43)N(c2c(-c3ccccc3)cccc2-c2ccccc2)c2cc(-c3c(C)cccc3C)cc3c2B5c2cc(-c4c(C)cccc4C)ccc2N3c2ccc(-c3c(C)cccc3C)cc2)cc1. The molecule has 4 aliphatic rings. The molecule has 17 aromatic carbocycles. The first kappa shape index (κ1) is 73.7. The van der Waals surface area contributed by atoms with Crippen molar-refractivity contribution in [3.05, 3.63) is 406 Å². The van der Waals surface area contributed by atoms with E-state index in [0.29, 0.717) is 0 Å². The van der Waals surface area contributed by atoms with Gasteiger partial charge in [-0.05, 0) is 339 Å². The lowest BCUT2D eigenvalue weighted by Crippen LogP contribution is -2.65. The number of para-hydroxylation sites is 2. The van der Waals surface area contributed by atoms with Crippen LogP contribution in [0.1, 0.15) is 66.8 Å². The number of benzene rings is 17. The summed E-state index contributed by atoms with van der Waals surface area (Å²) in [6, 6.07) is 131. The van der Waals surface area contributed by atoms with Gasteiger partial charge < -0.3 is 19.6 Å². The van der Waals surface area contributed by atoms with Crippen molar-refractivity contribution in [3.63, 3.8) is 0 Å². The average molecular weight is 1540 g/mol. The van der Waals surface area contributed by atoms with Gasteiger partial charge in [-0.1, -0.05) is 261 Å². The van der Waals surface area contributed by atoms with Gasteiger partial charge in [0, 0.05) is 73.7 Å². The summed E-state index contributed by atoms with van der Waals surface area (Å²) in [5.74, 6) is 0. The quantitative estimate of drug-likeness (QED) is 0.113. The van der Waals surface area contributed by atoms with E-state index in [1.165, 1.54) is 161 Å². The topological polar surface area (TPSA) is 13.0 Å². The van der Waals surface area contributed by atoms with Crippen LogP contribution in [0.5, 0.6) is 0 Å². The molecule has 0 saturated carbocycles. The van der Waals surface area contributed by atoms with Gasteiger partial charge in [-0.3, -0.25) is 0 Å². The van der Waals surface area contributed by atoms with Crippen LogP contribution < -0.4 is 52.4 Å². The third-order valence-electron chi connectivity index (χ3n) is 26.6. The predicted octanol–water partition coefficient (Wildman–Crippen LogP) is 26.9. The van der Waals surface area contributed by atoms with Crippen LogP contribution in [-0.4, -0.2) is 13.4 Å². The summed E-state index contributed by atoms with van der Waals surface area (Å²) in [5, 5.41) is 0. The van der Waals surface area contributed by atoms with Crippen LogP contribution in [0.4, 0.5) is 68.2 Å². The average Bonchev–Trinajstić information content (AvgIpc) is 0.682. The highest BCUT2D eigenvalue weighted by Gasteiger charge is 2.50. The highest BCUT2D eigenvalue weighted by atomic mass is 15.2. The number of hydrogen-bond acceptors (Lipinski definition) is 4. The summed E-state index contributed by atoms with van der Waals surface area (Å²) in [4.78, 5) is 10.7. The Morgan fingerprint density at radius 2 is 0.425 bits per heavy atom. The van der Waals surface area contributed by atoms with Crippen molar-refractivity contribution >= 4 is 114 Å². The maximum atomic E-state index is 2.75. The van der Waals surface area contributed by atoms with E-state index in [2.05, 4.69) is 442 Å². The van der Waals surface area contributed by atoms with Crippen molar-refractivity contribution in [1.29, 1.82) is 0 Å². The van der Waals surface area contributed by atoms with Crippen molar-refractivity contribution < 1.29 is 0 Å². The van der Waals surface area contributed by atoms with Gasteiger partial charge in [-0.2, -0.15) is 0 Å². The maximum absolute atomic E-state index is 2.75. The number of fused-ring (bicyclic) bond motifs is 8. The van der Waals surface area contributed by atoms with Crippen LogP contribution in [-0.2, 0) is 0 Å². The van der Waals surface area contributed by atoms with Crippen LogP contribution >= 0.6 is 0 Å². The molecule has 4 aliphatic heterocycles. The molecule has 4 heterocycles. The summed E-state index contributed by atoms with van der Waals surface area (Å²) in [6.07, 6.45) is 0. The first-order valence-electron chi connectivity index (χ1n) is 42.4. The number of nitrogens with zero attached hydrogens (tertiary/aromatic N) is 4. The fourth-order valence-corrected chi connectivity index (χ4v) is 21.4. The molecule has 0 amide bonds. The standard InChI is InChI=1S/C114H92B2N4/c1-69-29-22-30-70(2)106(69)83-49-55-90(56-50-83)117-98-59-53-85(108-73(5)33-24-34-74(108)6)61-94(98)115-96-67-97-101(68-100(96)119(89-45-20-15-21-46-89)104-65-87(63-102(117)112(104)115)110-77(9)37-26-38-78(110)10)120(114-92(81-41-16-13-17-42-81)47-28-48-93(114)82-43-18-14-19-44-82)105-66-88(111-79(11)39-27-40-80(111)12)64-103-113(105)116(97)95-62-86(109-75(7)35-25-36-76(109)8)54-60-99(95)118(103)91-57-51-84(52-58-91)107-71(3)31-23-32-72(107)4/h13-68H,1-12H3. The molecule has 17 aromatic rings. The molecule has 0 aromatic heterocycles. The van der Waals surface area contributed by atoms with Crippen molar-refractivity contribution in [2.45, 2.75) is 83.1 Å². The summed E-state index contributed by atoms with van der Waals surface area (Å²) in [7, 11) is 0. The fraction of sp³-hybridized carbons (Fsp3) is 0.105. The van der Waals surface area contributed by atoms with E-state index in [1.807, 2.05) is 0 Å². The van der Waals surface area contributed by atoms with E-state index < -0.39 is 0 Å². The second kappa shape index (κ2) is 29.0. The molecule has 0 N–H and O–H groups in total. The van der Waals surface area contributed by atoms with E-state index >= 15 is 0 Å². The molecule has 4 nitrogen and oxygen atoms in total. The van der Waals surface area contributed by atoms with Gasteiger partial charge >= 0.3 is 0 Å². The van der Waals surface area contributed by atoms with Gasteiger partial charge in [-0.15, -0.1) is 0 Å². The molecule has 0 atom stereocenters. The Kier molecular flexibility index (Phi) is 17.8. The molecule has 0 spiro atoms. The molecular formula is C114H92B2N4. The summed E-state index contributed by atoms with van der Waals surface area (Å²) < 4.78 is 0. The zero-order valence-corrected chi connectivity index (χ0v) is 70.3. The fourth-order valence-electron chi connectivity index (χ4n) is 21.4. The van der Waals surface area contributed by atoms with Crippen LogP contribution in [0, 0.1) is 83.1 Å². The summed E-state index contributed by atoms with van der Waals surface area (Å²) in [6.45, 7) is 26.7. The lowest BCUT2D eigenvalue weighted by atomic mass is 9.30. The van der Waals surface area contributed by atoms with Crippen molar-refractivity contribution in [3.8, 4) is 89.0 Å². The Hall–Kier alpha value is -13.9. The Morgan fingerprint density at radius 1 is 0.167 bits per heavy atom. The summed E-state index contributed by atoms with van der Waals surface area (Å²) in [5.41, 5.74) is 55.2. The number of anilines is 12. The molecule has 0 bridgehead atoms. The number of hydrogen-bond donors (Lipinski definition) is 0. The van der Waals surface area contributed by atoms with E-state index in [9.17, 15) is 0 Å². The number of aryl methyl sites for hydroxylation is 12. The monoisotopic (exact) mass is 1540 g/mol. The van der Waals surface area contributed by atoms with Gasteiger partial charge in [0.15, 0.2) is 0 Å². The van der Waals surface area contributed by atoms with Crippen LogP contribution in [0.3, 0.4) is 0 Å². The Morgan fingerprint density at radius 3 is 0.767 bits per heavy atom. The lowest BCUT2D eigenvalue weighted by molar-refractivity contribution is 1.23. The molecule has 120 heavy (non-hydrogen) atoms. The molecule has 0 saturated heterocycles. The van der Waals surface area contributed by atoms with Gasteiger partial charge in [-0.25, -0.2) is 0 Å². The second-order valence-electron chi connectivity index (χ2n) is 34.0. The molecule has 6 heteroatoms. The maximum Gasteiger partial charge on any atom is 0.252 e. The predicted molar refractivity (Wildman–Crippen MR) is 515 cm³/mol. The summed E-state index contributed by atoms with van der Waals surface area (Å²) >= 11 is 0. The van der Waals surface area contributed by atoms with Gasteiger partial charge in [0.05, 0.1) is 5.69 Å². The molecular weight excluding hydrogens is 1450 g/mol. The molecule has 0 aliphatic carbocycles. The Labute approximate surface area is 707 Å². The van der Waals surface area contributed by atoms with E-state index in [1.54, 1.807) is 0 Å². The van der Waals surface area contributed by atoms with Crippen LogP contribution in [0.25, 0.3) is 89.0 Å². The van der Waals surface area contributed by atoms with Crippen molar-refractivity contribution in [2.24, 2.45) is 0 Å². The van der Waals surface area contributed by atoms with Crippen molar-refractivity contribution in [2.75, 3.05) is 19.6 Å². The highest BCUT2D eigenvalue weighted by Crippen LogP contribution is 2.55. The molecule has 0 fully saturated rings. The number of rotatable bonds is 12. The first-order chi connectivity index (χ1) is 58.5. The second-order valence-corrected chi connectivity index (χ2v) is 34.0. The van der Waals surface area contributed by atoms with Crippen LogP contribution in [0.2, 0.25) is 0 Å². The third kappa shape index (κ3) is 11.8. The lowest BCUT2D eigenvalue weighted by Gasteiger charge is -2.48. The van der Waals surface area contributed by atoms with Gasteiger partial charge in [0.2, 0.25) is 0 Å². The van der Waals surface area contributed by atoms with Crippen molar-refractivity contribution in [1.82, 2.24) is 0 Å². The minimum atomic E-state index is -0.319. The normalized spacial score (nSPS) is 12.7. The largest absolute Gasteiger partial charge is 0.311 e. The van der Waals surface area contributed by atoms with E-state index in [4.69, 9.17) is 0 Å². The van der Waals surface area contributed by atoms with Crippen LogP contribution in [0.15, 0.2) is 340 Å². The highest BCUT2D eigenvalue weighted by molar-refractivity contribution is 7.03. The smallest absolute Gasteiger partial charge is 0.252 e. The first-order valence-corrected chi connectivity index (χ1v) is 42.4. The molecule has 574 valence electrons. The van der Waals surface area contributed by atoms with E-state index in [-0.39, 0.29) is 13.4 Å². The zero-order valence-electron chi connectivity index (χ0n) is 70.3. The Bertz CT molecular complexity index is 6880. The molecule has 0 radical (unpaired) electrons.